The van der Waals surface area contributed by atoms with E-state index in [1.165, 1.54) is 26.2 Å². The fourth-order valence-corrected chi connectivity index (χ4v) is 2.39. The van der Waals surface area contributed by atoms with Crippen molar-refractivity contribution >= 4 is 18.6 Å². The number of carboxylic acids is 1. The van der Waals surface area contributed by atoms with Crippen molar-refractivity contribution in [3.63, 3.8) is 0 Å². The van der Waals surface area contributed by atoms with Crippen molar-refractivity contribution in [1.29, 1.82) is 0 Å². The average Bonchev–Trinajstić information content (AvgIpc) is 2.65. The number of carbonyl (C=O) groups is 1. The van der Waals surface area contributed by atoms with E-state index in [0.717, 1.165) is 0 Å². The van der Waals surface area contributed by atoms with Gasteiger partial charge in [0.25, 0.3) is 0 Å². The molecule has 1 fully saturated rings. The minimum Gasteiger partial charge on any atom is -0.497 e. The standard InChI is InChI=1S/C16H22BFO5/c1-9(14(19)20)10-7-11(13(21-6)8-12(10)18)17-22-15(2,3)16(4,5)23-17/h7-9H,1-6H3,(H,19,20). The van der Waals surface area contributed by atoms with Gasteiger partial charge in [-0.1, -0.05) is 6.07 Å². The summed E-state index contributed by atoms with van der Waals surface area (Å²) >= 11 is 0. The number of aliphatic carboxylic acids is 1. The second kappa shape index (κ2) is 5.80. The summed E-state index contributed by atoms with van der Waals surface area (Å²) in [5.41, 5.74) is -0.565. The highest BCUT2D eigenvalue weighted by Gasteiger charge is 2.52. The zero-order valence-corrected chi connectivity index (χ0v) is 14.3. The van der Waals surface area contributed by atoms with Gasteiger partial charge in [0.1, 0.15) is 11.6 Å². The smallest absolute Gasteiger partial charge is 0.497 e. The van der Waals surface area contributed by atoms with E-state index in [0.29, 0.717) is 5.46 Å². The summed E-state index contributed by atoms with van der Waals surface area (Å²) in [5.74, 6) is -2.45. The predicted octanol–water partition coefficient (Wildman–Crippen LogP) is 2.32. The van der Waals surface area contributed by atoms with E-state index in [1.807, 2.05) is 27.7 Å². The van der Waals surface area contributed by atoms with E-state index >= 15 is 0 Å². The molecule has 0 bridgehead atoms. The molecular formula is C16H22BFO5. The third kappa shape index (κ3) is 3.08. The SMILES string of the molecule is COc1cc(F)c(C(C)C(=O)O)cc1B1OC(C)(C)C(C)(C)O1. The number of hydrogen-bond donors (Lipinski definition) is 1. The zero-order valence-electron chi connectivity index (χ0n) is 14.3. The number of hydrogen-bond acceptors (Lipinski definition) is 4. The molecule has 2 rings (SSSR count). The summed E-state index contributed by atoms with van der Waals surface area (Å²) < 4.78 is 31.3. The van der Waals surface area contributed by atoms with Crippen LogP contribution in [0.5, 0.6) is 5.75 Å². The number of rotatable bonds is 4. The molecule has 0 saturated carbocycles. The van der Waals surface area contributed by atoms with Crippen molar-refractivity contribution in [2.24, 2.45) is 0 Å². The molecule has 0 aliphatic carbocycles. The van der Waals surface area contributed by atoms with E-state index in [4.69, 9.17) is 19.2 Å². The second-order valence-electron chi connectivity index (χ2n) is 6.76. The van der Waals surface area contributed by atoms with Gasteiger partial charge < -0.3 is 19.2 Å². The average molecular weight is 324 g/mol. The Balaban J connectivity index is 2.50. The van der Waals surface area contributed by atoms with Gasteiger partial charge in [0.05, 0.1) is 24.2 Å². The molecule has 126 valence electrons. The van der Waals surface area contributed by atoms with Crippen molar-refractivity contribution < 1.29 is 28.3 Å². The van der Waals surface area contributed by atoms with Crippen molar-refractivity contribution in [2.45, 2.75) is 51.7 Å². The Morgan fingerprint density at radius 1 is 1.26 bits per heavy atom. The maximum Gasteiger partial charge on any atom is 0.498 e. The first-order chi connectivity index (χ1) is 10.5. The van der Waals surface area contributed by atoms with E-state index < -0.39 is 36.0 Å². The largest absolute Gasteiger partial charge is 0.498 e. The van der Waals surface area contributed by atoms with Crippen LogP contribution in [0.1, 0.15) is 46.1 Å². The summed E-state index contributed by atoms with van der Waals surface area (Å²) in [4.78, 5) is 11.2. The number of benzene rings is 1. The third-order valence-corrected chi connectivity index (χ3v) is 4.69. The lowest BCUT2D eigenvalue weighted by atomic mass is 9.76. The van der Waals surface area contributed by atoms with E-state index in [-0.39, 0.29) is 11.3 Å². The molecule has 0 amide bonds. The van der Waals surface area contributed by atoms with Gasteiger partial charge in [0.2, 0.25) is 0 Å². The lowest BCUT2D eigenvalue weighted by Gasteiger charge is -2.32. The molecule has 1 N–H and O–H groups in total. The molecule has 1 aliphatic rings. The second-order valence-corrected chi connectivity index (χ2v) is 6.76. The van der Waals surface area contributed by atoms with Crippen LogP contribution in [-0.2, 0) is 14.1 Å². The first kappa shape index (κ1) is 17.8. The lowest BCUT2D eigenvalue weighted by molar-refractivity contribution is -0.138. The van der Waals surface area contributed by atoms with Crippen LogP contribution >= 0.6 is 0 Å². The molecule has 1 aliphatic heterocycles. The Morgan fingerprint density at radius 2 is 1.78 bits per heavy atom. The van der Waals surface area contributed by atoms with E-state index in [1.54, 1.807) is 0 Å². The summed E-state index contributed by atoms with van der Waals surface area (Å²) in [7, 11) is 0.666. The molecule has 1 aromatic rings. The number of halogens is 1. The highest BCUT2D eigenvalue weighted by Crippen LogP contribution is 2.37. The normalized spacial score (nSPS) is 20.4. The molecule has 1 heterocycles. The van der Waals surface area contributed by atoms with Gasteiger partial charge in [-0.15, -0.1) is 0 Å². The van der Waals surface area contributed by atoms with Gasteiger partial charge in [-0.05, 0) is 34.6 Å². The van der Waals surface area contributed by atoms with Crippen LogP contribution < -0.4 is 10.2 Å². The fourth-order valence-electron chi connectivity index (χ4n) is 2.39. The highest BCUT2D eigenvalue weighted by atomic mass is 19.1. The number of methoxy groups -OCH3 is 1. The number of ether oxygens (including phenoxy) is 1. The molecule has 1 saturated heterocycles. The quantitative estimate of drug-likeness (QED) is 0.861. The summed E-state index contributed by atoms with van der Waals surface area (Å²) in [5, 5.41) is 9.15. The molecule has 7 heteroatoms. The van der Waals surface area contributed by atoms with Crippen LogP contribution in [0.2, 0.25) is 0 Å². The van der Waals surface area contributed by atoms with Gasteiger partial charge in [0.15, 0.2) is 0 Å². The predicted molar refractivity (Wildman–Crippen MR) is 84.7 cm³/mol. The van der Waals surface area contributed by atoms with Crippen molar-refractivity contribution in [1.82, 2.24) is 0 Å². The molecule has 1 unspecified atom stereocenters. The van der Waals surface area contributed by atoms with Crippen LogP contribution in [0.4, 0.5) is 4.39 Å². The Labute approximate surface area is 135 Å². The van der Waals surface area contributed by atoms with Gasteiger partial charge in [-0.2, -0.15) is 0 Å². The summed E-state index contributed by atoms with van der Waals surface area (Å²) in [6, 6.07) is 2.63. The molecule has 0 spiro atoms. The van der Waals surface area contributed by atoms with Crippen LogP contribution in [0.15, 0.2) is 12.1 Å². The lowest BCUT2D eigenvalue weighted by Crippen LogP contribution is -2.41. The molecule has 0 radical (unpaired) electrons. The summed E-state index contributed by atoms with van der Waals surface area (Å²) in [6.07, 6.45) is 0. The Hall–Kier alpha value is -1.60. The van der Waals surface area contributed by atoms with Crippen LogP contribution in [-0.4, -0.2) is 36.5 Å². The first-order valence-corrected chi connectivity index (χ1v) is 7.46. The fraction of sp³-hybridized carbons (Fsp3) is 0.562. The van der Waals surface area contributed by atoms with Crippen LogP contribution in [0.3, 0.4) is 0 Å². The van der Waals surface area contributed by atoms with Gasteiger partial charge in [0, 0.05) is 17.1 Å². The van der Waals surface area contributed by atoms with Crippen LogP contribution in [0.25, 0.3) is 0 Å². The topological polar surface area (TPSA) is 65.0 Å². The third-order valence-electron chi connectivity index (χ3n) is 4.69. The Bertz CT molecular complexity index is 613. The van der Waals surface area contributed by atoms with Gasteiger partial charge >= 0.3 is 13.1 Å². The Kier molecular flexibility index (Phi) is 4.48. The maximum atomic E-state index is 14.2. The highest BCUT2D eigenvalue weighted by molar-refractivity contribution is 6.63. The van der Waals surface area contributed by atoms with E-state index in [2.05, 4.69) is 0 Å². The zero-order chi connectivity index (χ0) is 17.6. The molecular weight excluding hydrogens is 302 g/mol. The van der Waals surface area contributed by atoms with Gasteiger partial charge in [-0.25, -0.2) is 4.39 Å². The van der Waals surface area contributed by atoms with Crippen LogP contribution in [0, 0.1) is 5.82 Å². The molecule has 1 aromatic carbocycles. The molecule has 5 nitrogen and oxygen atoms in total. The van der Waals surface area contributed by atoms with Crippen molar-refractivity contribution in [3.05, 3.63) is 23.5 Å². The summed E-state index contributed by atoms with van der Waals surface area (Å²) in [6.45, 7) is 9.06. The monoisotopic (exact) mass is 324 g/mol. The number of carboxylic acid groups (broad SMARTS) is 1. The van der Waals surface area contributed by atoms with E-state index in [9.17, 15) is 9.18 Å². The van der Waals surface area contributed by atoms with Crippen molar-refractivity contribution in [3.8, 4) is 5.75 Å². The molecule has 0 aromatic heterocycles. The minimum absolute atomic E-state index is 0.0722. The van der Waals surface area contributed by atoms with Crippen molar-refractivity contribution in [2.75, 3.05) is 7.11 Å². The molecule has 23 heavy (non-hydrogen) atoms. The minimum atomic E-state index is -1.10. The molecule has 1 atom stereocenters. The Morgan fingerprint density at radius 3 is 2.22 bits per heavy atom. The maximum absolute atomic E-state index is 14.2. The van der Waals surface area contributed by atoms with Gasteiger partial charge in [-0.3, -0.25) is 4.79 Å². The first-order valence-electron chi connectivity index (χ1n) is 7.46.